The Morgan fingerprint density at radius 1 is 0.733 bits per heavy atom. The normalized spacial score (nSPS) is 14.4. The zero-order valence-electron chi connectivity index (χ0n) is 19.7. The van der Waals surface area contributed by atoms with E-state index in [4.69, 9.17) is 4.74 Å². The van der Waals surface area contributed by atoms with Gasteiger partial charge in [-0.05, 0) is 32.6 Å². The van der Waals surface area contributed by atoms with Crippen LogP contribution in [-0.4, -0.2) is 31.2 Å². The van der Waals surface area contributed by atoms with Crippen LogP contribution in [0.1, 0.15) is 129 Å². The van der Waals surface area contributed by atoms with E-state index in [1.54, 1.807) is 0 Å². The lowest BCUT2D eigenvalue weighted by Gasteiger charge is -2.22. The van der Waals surface area contributed by atoms with E-state index < -0.39 is 0 Å². The van der Waals surface area contributed by atoms with Gasteiger partial charge >= 0.3 is 12.0 Å². The molecule has 2 amide bonds. The van der Waals surface area contributed by atoms with Crippen LogP contribution < -0.4 is 10.6 Å². The molecular formula is C25H48N2O3. The fraction of sp³-hybridized carbons (Fsp3) is 0.920. The van der Waals surface area contributed by atoms with Crippen LogP contribution in [0, 0.1) is 0 Å². The van der Waals surface area contributed by atoms with E-state index in [9.17, 15) is 9.59 Å². The van der Waals surface area contributed by atoms with E-state index in [2.05, 4.69) is 10.6 Å². The Bertz CT molecular complexity index is 423. The summed E-state index contributed by atoms with van der Waals surface area (Å²) in [6.45, 7) is 3.16. The van der Waals surface area contributed by atoms with Crippen LogP contribution in [-0.2, 0) is 9.53 Å². The van der Waals surface area contributed by atoms with Crippen LogP contribution in [0.5, 0.6) is 0 Å². The molecule has 0 unspecified atom stereocenters. The quantitative estimate of drug-likeness (QED) is 0.191. The number of carbonyl (C=O) groups excluding carboxylic acids is 2. The highest BCUT2D eigenvalue weighted by Gasteiger charge is 2.14. The van der Waals surface area contributed by atoms with Crippen LogP contribution in [0.25, 0.3) is 0 Å². The molecule has 1 fully saturated rings. The lowest BCUT2D eigenvalue weighted by Crippen LogP contribution is -2.43. The molecular weight excluding hydrogens is 376 g/mol. The van der Waals surface area contributed by atoms with Crippen molar-refractivity contribution in [2.45, 2.75) is 135 Å². The second kappa shape index (κ2) is 19.7. The molecule has 1 saturated carbocycles. The summed E-state index contributed by atoms with van der Waals surface area (Å²) < 4.78 is 4.94. The maximum Gasteiger partial charge on any atom is 0.315 e. The number of nitrogens with one attached hydrogen (secondary N) is 2. The molecule has 176 valence electrons. The van der Waals surface area contributed by atoms with Crippen LogP contribution in [0.15, 0.2) is 0 Å². The predicted octanol–water partition coefficient (Wildman–Crippen LogP) is 6.64. The van der Waals surface area contributed by atoms with Gasteiger partial charge in [-0.15, -0.1) is 0 Å². The second-order valence-electron chi connectivity index (χ2n) is 8.89. The molecule has 1 aliphatic rings. The molecule has 5 nitrogen and oxygen atoms in total. The van der Waals surface area contributed by atoms with Gasteiger partial charge in [-0.1, -0.05) is 89.9 Å². The SMILES string of the molecule is CCOC(=O)CCCCCCCCCCCCCCCNC(=O)NC1CCCCC1. The summed E-state index contributed by atoms with van der Waals surface area (Å²) in [5.41, 5.74) is 0. The van der Waals surface area contributed by atoms with Gasteiger partial charge in [0.1, 0.15) is 0 Å². The lowest BCUT2D eigenvalue weighted by molar-refractivity contribution is -0.143. The van der Waals surface area contributed by atoms with Crippen molar-refractivity contribution in [2.75, 3.05) is 13.2 Å². The monoisotopic (exact) mass is 424 g/mol. The number of amides is 2. The van der Waals surface area contributed by atoms with Gasteiger partial charge in [-0.25, -0.2) is 4.79 Å². The Labute approximate surface area is 185 Å². The van der Waals surface area contributed by atoms with Crippen molar-refractivity contribution < 1.29 is 14.3 Å². The zero-order chi connectivity index (χ0) is 21.7. The van der Waals surface area contributed by atoms with Crippen molar-refractivity contribution in [2.24, 2.45) is 0 Å². The average Bonchev–Trinajstić information content (AvgIpc) is 2.74. The Kier molecular flexibility index (Phi) is 17.6. The van der Waals surface area contributed by atoms with Crippen LogP contribution in [0.2, 0.25) is 0 Å². The largest absolute Gasteiger partial charge is 0.466 e. The van der Waals surface area contributed by atoms with Gasteiger partial charge in [0, 0.05) is 19.0 Å². The molecule has 1 aliphatic carbocycles. The van der Waals surface area contributed by atoms with Crippen molar-refractivity contribution in [1.82, 2.24) is 10.6 Å². The molecule has 1 rings (SSSR count). The first-order valence-electron chi connectivity index (χ1n) is 12.9. The van der Waals surface area contributed by atoms with Gasteiger partial charge in [0.15, 0.2) is 0 Å². The third-order valence-electron chi connectivity index (χ3n) is 6.09. The number of ether oxygens (including phenoxy) is 1. The van der Waals surface area contributed by atoms with Gasteiger partial charge in [-0.3, -0.25) is 4.79 Å². The maximum atomic E-state index is 11.9. The summed E-state index contributed by atoms with van der Waals surface area (Å²) in [4.78, 5) is 23.1. The van der Waals surface area contributed by atoms with Gasteiger partial charge in [0.25, 0.3) is 0 Å². The Balaban J connectivity index is 1.72. The molecule has 0 radical (unpaired) electrons. The van der Waals surface area contributed by atoms with Crippen LogP contribution in [0.4, 0.5) is 4.79 Å². The second-order valence-corrected chi connectivity index (χ2v) is 8.89. The summed E-state index contributed by atoms with van der Waals surface area (Å²) in [6.07, 6.45) is 23.0. The van der Waals surface area contributed by atoms with Crippen molar-refractivity contribution >= 4 is 12.0 Å². The molecule has 0 aromatic rings. The standard InChI is InChI=1S/C25H48N2O3/c1-2-30-24(28)21-17-12-10-8-6-4-3-5-7-9-11-13-18-22-26-25(29)27-23-19-15-14-16-20-23/h23H,2-22H2,1H3,(H2,26,27,29). The number of unbranched alkanes of at least 4 members (excludes halogenated alkanes) is 12. The number of hydrogen-bond donors (Lipinski definition) is 2. The summed E-state index contributed by atoms with van der Waals surface area (Å²) in [6, 6.07) is 0.427. The van der Waals surface area contributed by atoms with Crippen molar-refractivity contribution in [1.29, 1.82) is 0 Å². The van der Waals surface area contributed by atoms with Gasteiger partial charge in [0.05, 0.1) is 6.61 Å². The van der Waals surface area contributed by atoms with Crippen molar-refractivity contribution in [3.63, 3.8) is 0 Å². The first-order chi connectivity index (χ1) is 14.7. The number of hydrogen-bond acceptors (Lipinski definition) is 3. The first kappa shape index (κ1) is 26.8. The van der Waals surface area contributed by atoms with E-state index in [1.807, 2.05) is 6.92 Å². The molecule has 30 heavy (non-hydrogen) atoms. The lowest BCUT2D eigenvalue weighted by atomic mass is 9.96. The summed E-state index contributed by atoms with van der Waals surface area (Å²) in [7, 11) is 0. The fourth-order valence-corrected chi connectivity index (χ4v) is 4.26. The molecule has 0 aromatic carbocycles. The topological polar surface area (TPSA) is 67.4 Å². The number of rotatable bonds is 18. The molecule has 0 aromatic heterocycles. The van der Waals surface area contributed by atoms with E-state index in [0.717, 1.165) is 38.6 Å². The van der Waals surface area contributed by atoms with Crippen LogP contribution >= 0.6 is 0 Å². The highest BCUT2D eigenvalue weighted by Crippen LogP contribution is 2.17. The van der Waals surface area contributed by atoms with Gasteiger partial charge in [0.2, 0.25) is 0 Å². The zero-order valence-corrected chi connectivity index (χ0v) is 19.7. The van der Waals surface area contributed by atoms with E-state index in [-0.39, 0.29) is 12.0 Å². The molecule has 0 atom stereocenters. The van der Waals surface area contributed by atoms with Gasteiger partial charge < -0.3 is 15.4 Å². The number of carbonyl (C=O) groups is 2. The van der Waals surface area contributed by atoms with E-state index in [0.29, 0.717) is 19.1 Å². The molecule has 0 aliphatic heterocycles. The summed E-state index contributed by atoms with van der Waals surface area (Å²) in [5.74, 6) is -0.0473. The van der Waals surface area contributed by atoms with Crippen molar-refractivity contribution in [3.05, 3.63) is 0 Å². The first-order valence-corrected chi connectivity index (χ1v) is 12.9. The third-order valence-corrected chi connectivity index (χ3v) is 6.09. The number of urea groups is 1. The van der Waals surface area contributed by atoms with E-state index >= 15 is 0 Å². The molecule has 0 heterocycles. The predicted molar refractivity (Wildman–Crippen MR) is 125 cm³/mol. The molecule has 2 N–H and O–H groups in total. The molecule has 0 spiro atoms. The minimum Gasteiger partial charge on any atom is -0.466 e. The third kappa shape index (κ3) is 16.5. The minimum atomic E-state index is -0.0473. The highest BCUT2D eigenvalue weighted by atomic mass is 16.5. The smallest absolute Gasteiger partial charge is 0.315 e. The summed E-state index contributed by atoms with van der Waals surface area (Å²) >= 11 is 0. The molecule has 5 heteroatoms. The summed E-state index contributed by atoms with van der Waals surface area (Å²) in [5, 5.41) is 6.12. The Morgan fingerprint density at radius 3 is 1.77 bits per heavy atom. The number of esters is 1. The highest BCUT2D eigenvalue weighted by molar-refractivity contribution is 5.74. The molecule has 0 bridgehead atoms. The van der Waals surface area contributed by atoms with Crippen molar-refractivity contribution in [3.8, 4) is 0 Å². The molecule has 0 saturated heterocycles. The van der Waals surface area contributed by atoms with E-state index in [1.165, 1.54) is 83.5 Å². The Morgan fingerprint density at radius 2 is 1.23 bits per heavy atom. The minimum absolute atomic E-state index is 0.0286. The Hall–Kier alpha value is -1.26. The maximum absolute atomic E-state index is 11.9. The van der Waals surface area contributed by atoms with Gasteiger partial charge in [-0.2, -0.15) is 0 Å². The fourth-order valence-electron chi connectivity index (χ4n) is 4.26. The van der Waals surface area contributed by atoms with Crippen LogP contribution in [0.3, 0.4) is 0 Å². The average molecular weight is 425 g/mol.